The molecular weight excluding hydrogens is 513 g/mol. The van der Waals surface area contributed by atoms with Crippen molar-refractivity contribution in [1.29, 1.82) is 0 Å². The Morgan fingerprint density at radius 2 is 1.73 bits per heavy atom. The summed E-state index contributed by atoms with van der Waals surface area (Å²) >= 11 is 6.32. The highest BCUT2D eigenvalue weighted by molar-refractivity contribution is 6.31. The summed E-state index contributed by atoms with van der Waals surface area (Å²) in [6.45, 7) is 0. The fourth-order valence-electron chi connectivity index (χ4n) is 5.42. The van der Waals surface area contributed by atoms with Crippen LogP contribution in [0.3, 0.4) is 0 Å². The second kappa shape index (κ2) is 9.55. The predicted octanol–water partition coefficient (Wildman–Crippen LogP) is 5.57. The first-order chi connectivity index (χ1) is 17.5. The number of halogens is 4. The SMILES string of the molecule is O=C(O)CCC(=O)N(C1CC1)C1c2ccc(Cl)cc2N(C(=O)c2ccc(OC(F)(F)F)cc2)C2CCC21. The molecule has 1 aliphatic heterocycles. The first-order valence-electron chi connectivity index (χ1n) is 12.1. The van der Waals surface area contributed by atoms with Gasteiger partial charge in [-0.2, -0.15) is 0 Å². The van der Waals surface area contributed by atoms with E-state index in [0.717, 1.165) is 37.0 Å². The first-order valence-corrected chi connectivity index (χ1v) is 12.4. The lowest BCUT2D eigenvalue weighted by atomic mass is 9.67. The smallest absolute Gasteiger partial charge is 0.481 e. The lowest BCUT2D eigenvalue weighted by Crippen LogP contribution is -2.59. The minimum atomic E-state index is -4.84. The van der Waals surface area contributed by atoms with Crippen LogP contribution in [0.4, 0.5) is 18.9 Å². The topological polar surface area (TPSA) is 87.2 Å². The average molecular weight is 537 g/mol. The van der Waals surface area contributed by atoms with Crippen LogP contribution in [0.1, 0.15) is 60.5 Å². The Kier molecular flexibility index (Phi) is 6.55. The van der Waals surface area contributed by atoms with Gasteiger partial charge in [-0.15, -0.1) is 13.2 Å². The van der Waals surface area contributed by atoms with E-state index in [-0.39, 0.29) is 54.3 Å². The van der Waals surface area contributed by atoms with E-state index in [1.807, 2.05) is 4.90 Å². The number of anilines is 1. The van der Waals surface area contributed by atoms with Gasteiger partial charge < -0.3 is 19.6 Å². The Morgan fingerprint density at radius 3 is 2.30 bits per heavy atom. The maximum Gasteiger partial charge on any atom is 0.573 e. The van der Waals surface area contributed by atoms with Crippen LogP contribution < -0.4 is 9.64 Å². The number of nitrogens with zero attached hydrogens (tertiary/aromatic N) is 2. The predicted molar refractivity (Wildman–Crippen MR) is 127 cm³/mol. The quantitative estimate of drug-likeness (QED) is 0.499. The highest BCUT2D eigenvalue weighted by Crippen LogP contribution is 2.55. The molecule has 0 radical (unpaired) electrons. The second-order valence-corrected chi connectivity index (χ2v) is 10.1. The number of alkyl halides is 3. The molecule has 3 atom stereocenters. The van der Waals surface area contributed by atoms with E-state index >= 15 is 0 Å². The van der Waals surface area contributed by atoms with Crippen LogP contribution >= 0.6 is 11.6 Å². The molecule has 2 fully saturated rings. The molecule has 2 amide bonds. The van der Waals surface area contributed by atoms with Gasteiger partial charge in [0.05, 0.1) is 18.2 Å². The molecule has 196 valence electrons. The van der Waals surface area contributed by atoms with Crippen LogP contribution in [-0.4, -0.2) is 46.2 Å². The summed E-state index contributed by atoms with van der Waals surface area (Å²) in [5, 5.41) is 9.49. The molecule has 37 heavy (non-hydrogen) atoms. The number of hydrogen-bond acceptors (Lipinski definition) is 4. The molecule has 1 heterocycles. The average Bonchev–Trinajstić information content (AvgIpc) is 3.63. The van der Waals surface area contributed by atoms with Crippen LogP contribution in [0.2, 0.25) is 5.02 Å². The van der Waals surface area contributed by atoms with Crippen LogP contribution in [0.25, 0.3) is 0 Å². The van der Waals surface area contributed by atoms with Crippen LogP contribution in [-0.2, 0) is 9.59 Å². The number of fused-ring (bicyclic) bond motifs is 2. The number of rotatable bonds is 7. The third-order valence-electron chi connectivity index (χ3n) is 7.23. The number of carboxylic acids is 1. The minimum Gasteiger partial charge on any atom is -0.481 e. The van der Waals surface area contributed by atoms with Crippen molar-refractivity contribution in [3.05, 3.63) is 58.6 Å². The maximum atomic E-state index is 13.7. The molecule has 0 aromatic heterocycles. The monoisotopic (exact) mass is 536 g/mol. The number of hydrogen-bond donors (Lipinski definition) is 1. The molecule has 0 bridgehead atoms. The molecule has 3 unspecified atom stereocenters. The van der Waals surface area contributed by atoms with Crippen molar-refractivity contribution in [3.63, 3.8) is 0 Å². The molecule has 2 aliphatic carbocycles. The van der Waals surface area contributed by atoms with Crippen LogP contribution in [0.15, 0.2) is 42.5 Å². The van der Waals surface area contributed by atoms with Crippen molar-refractivity contribution in [2.24, 2.45) is 5.92 Å². The Bertz CT molecular complexity index is 1230. The zero-order valence-electron chi connectivity index (χ0n) is 19.6. The van der Waals surface area contributed by atoms with E-state index in [4.69, 9.17) is 16.7 Å². The lowest BCUT2D eigenvalue weighted by molar-refractivity contribution is -0.274. The molecule has 11 heteroatoms. The summed E-state index contributed by atoms with van der Waals surface area (Å²) in [5.74, 6) is -2.12. The van der Waals surface area contributed by atoms with Gasteiger partial charge in [-0.25, -0.2) is 0 Å². The number of amides is 2. The zero-order chi connectivity index (χ0) is 26.5. The summed E-state index contributed by atoms with van der Waals surface area (Å²) < 4.78 is 41.5. The summed E-state index contributed by atoms with van der Waals surface area (Å²) in [6.07, 6.45) is -2.05. The molecule has 2 aromatic carbocycles. The van der Waals surface area contributed by atoms with Gasteiger partial charge in [-0.1, -0.05) is 17.7 Å². The Morgan fingerprint density at radius 1 is 1.03 bits per heavy atom. The number of carbonyl (C=O) groups excluding carboxylic acids is 2. The summed E-state index contributed by atoms with van der Waals surface area (Å²) in [5.41, 5.74) is 1.50. The first kappa shape index (κ1) is 25.4. The maximum absolute atomic E-state index is 13.7. The fraction of sp³-hybridized carbons (Fsp3) is 0.423. The number of aliphatic carboxylic acids is 1. The van der Waals surface area contributed by atoms with E-state index in [1.54, 1.807) is 23.1 Å². The Balaban J connectivity index is 1.49. The minimum absolute atomic E-state index is 0.0273. The Hall–Kier alpha value is -3.27. The normalized spacial score (nSPS) is 22.4. The second-order valence-electron chi connectivity index (χ2n) is 9.63. The zero-order valence-corrected chi connectivity index (χ0v) is 20.3. The molecule has 7 nitrogen and oxygen atoms in total. The Labute approximate surface area is 215 Å². The number of benzene rings is 2. The van der Waals surface area contributed by atoms with Gasteiger partial charge in [0.1, 0.15) is 5.75 Å². The molecule has 3 aliphatic rings. The van der Waals surface area contributed by atoms with Crippen LogP contribution in [0, 0.1) is 5.92 Å². The largest absolute Gasteiger partial charge is 0.573 e. The third kappa shape index (κ3) is 5.12. The van der Waals surface area contributed by atoms with Gasteiger partial charge in [-0.05, 0) is 67.6 Å². The molecule has 1 N–H and O–H groups in total. The molecule has 2 aromatic rings. The highest BCUT2D eigenvalue weighted by atomic mass is 35.5. The lowest BCUT2D eigenvalue weighted by Gasteiger charge is -2.55. The van der Waals surface area contributed by atoms with Crippen molar-refractivity contribution in [3.8, 4) is 5.75 Å². The molecule has 5 rings (SSSR count). The van der Waals surface area contributed by atoms with Gasteiger partial charge in [0.15, 0.2) is 0 Å². The van der Waals surface area contributed by atoms with E-state index in [2.05, 4.69) is 4.74 Å². The van der Waals surface area contributed by atoms with Crippen molar-refractivity contribution >= 4 is 35.1 Å². The fourth-order valence-corrected chi connectivity index (χ4v) is 5.58. The summed E-state index contributed by atoms with van der Waals surface area (Å²) in [6, 6.07) is 9.43. The summed E-state index contributed by atoms with van der Waals surface area (Å²) in [7, 11) is 0. The molecule has 0 saturated heterocycles. The van der Waals surface area contributed by atoms with Crippen LogP contribution in [0.5, 0.6) is 5.75 Å². The van der Waals surface area contributed by atoms with Gasteiger partial charge in [-0.3, -0.25) is 14.4 Å². The van der Waals surface area contributed by atoms with E-state index in [0.29, 0.717) is 17.1 Å². The van der Waals surface area contributed by atoms with Gasteiger partial charge in [0.25, 0.3) is 5.91 Å². The van der Waals surface area contributed by atoms with Gasteiger partial charge >= 0.3 is 12.3 Å². The van der Waals surface area contributed by atoms with Gasteiger partial charge in [0, 0.05) is 35.0 Å². The highest BCUT2D eigenvalue weighted by Gasteiger charge is 2.53. The molecule has 2 saturated carbocycles. The molecular formula is C26H24ClF3N2O5. The number of ether oxygens (including phenoxy) is 1. The van der Waals surface area contributed by atoms with E-state index in [9.17, 15) is 27.6 Å². The molecule has 0 spiro atoms. The third-order valence-corrected chi connectivity index (χ3v) is 7.47. The standard InChI is InChI=1S/C26H24ClF3N2O5/c27-15-3-8-19-21(13-15)32(25(36)14-1-6-17(7-2-14)37-26(28,29)30)20-10-9-18(20)24(19)31(16-4-5-16)22(33)11-12-23(34)35/h1-3,6-8,13,16,18,20,24H,4-5,9-12H2,(H,34,35). The van der Waals surface area contributed by atoms with Crippen molar-refractivity contribution in [2.75, 3.05) is 4.90 Å². The van der Waals surface area contributed by atoms with Crippen molar-refractivity contribution in [2.45, 2.75) is 63.0 Å². The number of carbonyl (C=O) groups is 3. The number of carboxylic acid groups (broad SMARTS) is 1. The van der Waals surface area contributed by atoms with Gasteiger partial charge in [0.2, 0.25) is 5.91 Å². The van der Waals surface area contributed by atoms with E-state index in [1.165, 1.54) is 12.1 Å². The van der Waals surface area contributed by atoms with Crippen molar-refractivity contribution in [1.82, 2.24) is 4.90 Å². The van der Waals surface area contributed by atoms with Crippen molar-refractivity contribution < 1.29 is 37.4 Å². The van der Waals surface area contributed by atoms with E-state index < -0.39 is 18.1 Å². The summed E-state index contributed by atoms with van der Waals surface area (Å²) in [4.78, 5) is 41.4.